The fourth-order valence-corrected chi connectivity index (χ4v) is 1.94. The molecule has 0 amide bonds. The Kier molecular flexibility index (Phi) is 12.1. The largest absolute Gasteiger partial charge is 0.375 e. The molecule has 0 radical (unpaired) electrons. The molecular weight excluding hydrogens is 375 g/mol. The summed E-state index contributed by atoms with van der Waals surface area (Å²) in [5.74, 6) is 0.904. The van der Waals surface area contributed by atoms with E-state index in [0.29, 0.717) is 0 Å². The molecule has 0 heterocycles. The molecule has 120 valence electrons. The predicted octanol–water partition coefficient (Wildman–Crippen LogP) is 3.10. The summed E-state index contributed by atoms with van der Waals surface area (Å²) in [6, 6.07) is 10.5. The summed E-state index contributed by atoms with van der Waals surface area (Å²) in [6.07, 6.45) is 3.46. The highest BCUT2D eigenvalue weighted by atomic mass is 127. The Morgan fingerprint density at radius 2 is 1.71 bits per heavy atom. The molecule has 0 aliphatic rings. The maximum absolute atomic E-state index is 4.22. The molecule has 1 rings (SSSR count). The van der Waals surface area contributed by atoms with Crippen molar-refractivity contribution in [2.75, 3.05) is 38.6 Å². The van der Waals surface area contributed by atoms with E-state index in [-0.39, 0.29) is 24.0 Å². The third-order valence-electron chi connectivity index (χ3n) is 3.21. The van der Waals surface area contributed by atoms with E-state index in [0.717, 1.165) is 32.0 Å². The molecule has 0 spiro atoms. The number of unbranched alkanes of at least 4 members (excludes halogenated alkanes) is 1. The predicted molar refractivity (Wildman–Crippen MR) is 104 cm³/mol. The molecule has 0 atom stereocenters. The van der Waals surface area contributed by atoms with Crippen molar-refractivity contribution in [3.8, 4) is 0 Å². The van der Waals surface area contributed by atoms with Crippen LogP contribution in [0.25, 0.3) is 0 Å². The SMILES string of the molecule is CCCCNC(=NC)NCCCN(C)c1ccccc1.I. The van der Waals surface area contributed by atoms with Crippen LogP contribution in [0.4, 0.5) is 5.69 Å². The van der Waals surface area contributed by atoms with E-state index in [4.69, 9.17) is 0 Å². The molecule has 0 saturated heterocycles. The lowest BCUT2D eigenvalue weighted by Gasteiger charge is -2.19. The smallest absolute Gasteiger partial charge is 0.190 e. The number of hydrogen-bond acceptors (Lipinski definition) is 2. The molecule has 0 saturated carbocycles. The summed E-state index contributed by atoms with van der Waals surface area (Å²) >= 11 is 0. The summed E-state index contributed by atoms with van der Waals surface area (Å²) in [5.41, 5.74) is 1.26. The Hall–Kier alpha value is -0.980. The van der Waals surface area contributed by atoms with Crippen LogP contribution in [-0.4, -0.2) is 39.7 Å². The Bertz CT molecular complexity index is 381. The molecule has 0 unspecified atom stereocenters. The molecular formula is C16H29IN4. The van der Waals surface area contributed by atoms with Crippen molar-refractivity contribution in [3.05, 3.63) is 30.3 Å². The molecule has 2 N–H and O–H groups in total. The van der Waals surface area contributed by atoms with E-state index in [9.17, 15) is 0 Å². The quantitative estimate of drug-likeness (QED) is 0.303. The first-order valence-corrected chi connectivity index (χ1v) is 7.48. The lowest BCUT2D eigenvalue weighted by atomic mass is 10.3. The van der Waals surface area contributed by atoms with Crippen LogP contribution in [0.2, 0.25) is 0 Å². The average molecular weight is 404 g/mol. The minimum Gasteiger partial charge on any atom is -0.375 e. The minimum atomic E-state index is 0. The van der Waals surface area contributed by atoms with Gasteiger partial charge in [-0.2, -0.15) is 0 Å². The van der Waals surface area contributed by atoms with Crippen molar-refractivity contribution in [1.29, 1.82) is 0 Å². The van der Waals surface area contributed by atoms with Gasteiger partial charge < -0.3 is 15.5 Å². The van der Waals surface area contributed by atoms with Crippen molar-refractivity contribution < 1.29 is 0 Å². The molecule has 0 fully saturated rings. The van der Waals surface area contributed by atoms with Crippen LogP contribution in [0, 0.1) is 0 Å². The van der Waals surface area contributed by atoms with E-state index >= 15 is 0 Å². The van der Waals surface area contributed by atoms with Gasteiger partial charge in [-0.05, 0) is 25.0 Å². The van der Waals surface area contributed by atoms with E-state index in [2.05, 4.69) is 58.8 Å². The van der Waals surface area contributed by atoms with Gasteiger partial charge >= 0.3 is 0 Å². The highest BCUT2D eigenvalue weighted by molar-refractivity contribution is 14.0. The Balaban J connectivity index is 0.00000400. The first kappa shape index (κ1) is 20.0. The number of rotatable bonds is 8. The van der Waals surface area contributed by atoms with Gasteiger partial charge in [0.1, 0.15) is 0 Å². The lowest BCUT2D eigenvalue weighted by Crippen LogP contribution is -2.39. The van der Waals surface area contributed by atoms with E-state index < -0.39 is 0 Å². The van der Waals surface area contributed by atoms with Crippen molar-refractivity contribution in [3.63, 3.8) is 0 Å². The normalized spacial score (nSPS) is 10.7. The molecule has 4 nitrogen and oxygen atoms in total. The maximum Gasteiger partial charge on any atom is 0.190 e. The fraction of sp³-hybridized carbons (Fsp3) is 0.562. The van der Waals surface area contributed by atoms with Crippen molar-refractivity contribution >= 4 is 35.6 Å². The monoisotopic (exact) mass is 404 g/mol. The van der Waals surface area contributed by atoms with Gasteiger partial charge in [0.05, 0.1) is 0 Å². The van der Waals surface area contributed by atoms with Gasteiger partial charge in [0.15, 0.2) is 5.96 Å². The summed E-state index contributed by atoms with van der Waals surface area (Å²) in [4.78, 5) is 6.49. The van der Waals surface area contributed by atoms with Crippen molar-refractivity contribution in [1.82, 2.24) is 10.6 Å². The van der Waals surface area contributed by atoms with Gasteiger partial charge in [0.25, 0.3) is 0 Å². The van der Waals surface area contributed by atoms with Crippen LogP contribution < -0.4 is 15.5 Å². The van der Waals surface area contributed by atoms with Gasteiger partial charge in [0, 0.05) is 39.4 Å². The van der Waals surface area contributed by atoms with E-state index in [1.807, 2.05) is 13.1 Å². The summed E-state index contributed by atoms with van der Waals surface area (Å²) in [6.45, 7) is 5.14. The molecule has 0 bridgehead atoms. The first-order chi connectivity index (χ1) is 9.77. The maximum atomic E-state index is 4.22. The fourth-order valence-electron chi connectivity index (χ4n) is 1.94. The second-order valence-corrected chi connectivity index (χ2v) is 4.89. The zero-order valence-electron chi connectivity index (χ0n) is 13.4. The van der Waals surface area contributed by atoms with Gasteiger partial charge in [-0.25, -0.2) is 0 Å². The van der Waals surface area contributed by atoms with Gasteiger partial charge in [0.2, 0.25) is 0 Å². The van der Waals surface area contributed by atoms with Gasteiger partial charge in [-0.15, -0.1) is 24.0 Å². The third kappa shape index (κ3) is 8.80. The zero-order chi connectivity index (χ0) is 14.6. The van der Waals surface area contributed by atoms with Crippen LogP contribution in [0.1, 0.15) is 26.2 Å². The molecule has 0 aliphatic heterocycles. The minimum absolute atomic E-state index is 0. The Morgan fingerprint density at radius 1 is 1.10 bits per heavy atom. The third-order valence-corrected chi connectivity index (χ3v) is 3.21. The van der Waals surface area contributed by atoms with Gasteiger partial charge in [-0.3, -0.25) is 4.99 Å². The standard InChI is InChI=1S/C16H28N4.HI/c1-4-5-12-18-16(17-2)19-13-9-14-20(3)15-10-7-6-8-11-15;/h6-8,10-11H,4-5,9,12-14H2,1-3H3,(H2,17,18,19);1H. The van der Waals surface area contributed by atoms with Crippen LogP contribution in [-0.2, 0) is 0 Å². The average Bonchev–Trinajstić information content (AvgIpc) is 2.50. The van der Waals surface area contributed by atoms with Crippen LogP contribution in [0.5, 0.6) is 0 Å². The van der Waals surface area contributed by atoms with E-state index in [1.54, 1.807) is 0 Å². The number of hydrogen-bond donors (Lipinski definition) is 2. The molecule has 0 aromatic heterocycles. The number of nitrogens with zero attached hydrogens (tertiary/aromatic N) is 2. The van der Waals surface area contributed by atoms with Crippen LogP contribution in [0.15, 0.2) is 35.3 Å². The number of benzene rings is 1. The number of guanidine groups is 1. The highest BCUT2D eigenvalue weighted by Crippen LogP contribution is 2.10. The summed E-state index contributed by atoms with van der Waals surface area (Å²) in [7, 11) is 3.95. The summed E-state index contributed by atoms with van der Waals surface area (Å²) in [5, 5.41) is 6.66. The van der Waals surface area contributed by atoms with E-state index in [1.165, 1.54) is 18.5 Å². The molecule has 0 aliphatic carbocycles. The highest BCUT2D eigenvalue weighted by Gasteiger charge is 2.00. The number of halogens is 1. The molecule has 21 heavy (non-hydrogen) atoms. The second-order valence-electron chi connectivity index (χ2n) is 4.89. The van der Waals surface area contributed by atoms with Crippen LogP contribution >= 0.6 is 24.0 Å². The van der Waals surface area contributed by atoms with Crippen molar-refractivity contribution in [2.24, 2.45) is 4.99 Å². The topological polar surface area (TPSA) is 39.7 Å². The number of nitrogens with one attached hydrogen (secondary N) is 2. The first-order valence-electron chi connectivity index (χ1n) is 7.48. The molecule has 1 aromatic rings. The van der Waals surface area contributed by atoms with Gasteiger partial charge in [-0.1, -0.05) is 31.5 Å². The lowest BCUT2D eigenvalue weighted by molar-refractivity contribution is 0.706. The number of anilines is 1. The molecule has 1 aromatic carbocycles. The Morgan fingerprint density at radius 3 is 2.29 bits per heavy atom. The van der Waals surface area contributed by atoms with Crippen molar-refractivity contribution in [2.45, 2.75) is 26.2 Å². The number of para-hydroxylation sites is 1. The number of aliphatic imine (C=N–C) groups is 1. The van der Waals surface area contributed by atoms with Crippen LogP contribution in [0.3, 0.4) is 0 Å². The zero-order valence-corrected chi connectivity index (χ0v) is 15.8. The second kappa shape index (κ2) is 12.7. The molecule has 5 heteroatoms. The summed E-state index contributed by atoms with van der Waals surface area (Å²) < 4.78 is 0. The Labute approximate surface area is 146 Å².